The monoisotopic (exact) mass is 322 g/mol. The van der Waals surface area contributed by atoms with Gasteiger partial charge >= 0.3 is 18.9 Å². The summed E-state index contributed by atoms with van der Waals surface area (Å²) in [6.07, 6.45) is 0. The summed E-state index contributed by atoms with van der Waals surface area (Å²) in [7, 11) is 0.628. The molecule has 1 N–H and O–H groups in total. The summed E-state index contributed by atoms with van der Waals surface area (Å²) in [6.45, 7) is 6.88. The zero-order chi connectivity index (χ0) is 16.1. The molecule has 23 heavy (non-hydrogen) atoms. The van der Waals surface area contributed by atoms with Crippen molar-refractivity contribution in [1.82, 2.24) is 0 Å². The van der Waals surface area contributed by atoms with Crippen LogP contribution in [0.5, 0.6) is 11.5 Å². The molecule has 116 valence electrons. The Balaban J connectivity index is 0.00000264. The molecular formula is C18H20LiO3P. The molecule has 0 atom stereocenters. The van der Waals surface area contributed by atoms with Gasteiger partial charge < -0.3 is 23.2 Å². The van der Waals surface area contributed by atoms with Crippen molar-refractivity contribution in [3.05, 3.63) is 53.6 Å². The van der Waals surface area contributed by atoms with Gasteiger partial charge in [-0.25, -0.2) is 0 Å². The molecule has 2 rings (SSSR count). The first-order valence-electron chi connectivity index (χ1n) is 7.24. The SMILES string of the molecule is Cc1cc(OCC(C)C)ccc1[P-]C(=O)c1ccc(O)cc1.[Li+]. The summed E-state index contributed by atoms with van der Waals surface area (Å²) < 4.78 is 5.69. The van der Waals surface area contributed by atoms with E-state index < -0.39 is 0 Å². The maximum atomic E-state index is 12.3. The van der Waals surface area contributed by atoms with Gasteiger partial charge in [0.25, 0.3) is 0 Å². The number of carbonyl (C=O) groups is 1. The molecule has 0 amide bonds. The Bertz CT molecular complexity index is 654. The molecular weight excluding hydrogens is 302 g/mol. The zero-order valence-corrected chi connectivity index (χ0v) is 14.9. The number of carbonyl (C=O) groups excluding carboxylic acids is 1. The number of ether oxygens (including phenoxy) is 1. The molecule has 0 aliphatic rings. The number of aromatic hydroxyl groups is 1. The molecule has 5 heteroatoms. The molecule has 2 aromatic carbocycles. The molecule has 3 nitrogen and oxygen atoms in total. The molecule has 0 aromatic heterocycles. The Morgan fingerprint density at radius 3 is 2.39 bits per heavy atom. The topological polar surface area (TPSA) is 46.5 Å². The van der Waals surface area contributed by atoms with Gasteiger partial charge in [-0.15, -0.1) is 0 Å². The third kappa shape index (κ3) is 6.03. The molecule has 0 heterocycles. The minimum absolute atomic E-state index is 0. The molecule has 0 saturated carbocycles. The summed E-state index contributed by atoms with van der Waals surface area (Å²) in [5.41, 5.74) is 1.65. The van der Waals surface area contributed by atoms with Crippen LogP contribution in [-0.2, 0) is 0 Å². The van der Waals surface area contributed by atoms with Crippen molar-refractivity contribution in [1.29, 1.82) is 0 Å². The average Bonchev–Trinajstić information content (AvgIpc) is 2.48. The molecule has 0 radical (unpaired) electrons. The molecule has 0 unspecified atom stereocenters. The van der Waals surface area contributed by atoms with E-state index in [1.54, 1.807) is 12.1 Å². The third-order valence-corrected chi connectivity index (χ3v) is 4.29. The first-order chi connectivity index (χ1) is 10.5. The minimum Gasteiger partial charge on any atom is -0.508 e. The van der Waals surface area contributed by atoms with E-state index >= 15 is 0 Å². The number of benzene rings is 2. The number of rotatable bonds is 6. The van der Waals surface area contributed by atoms with Gasteiger partial charge in [0, 0.05) is 5.52 Å². The Morgan fingerprint density at radius 1 is 1.17 bits per heavy atom. The van der Waals surface area contributed by atoms with Gasteiger partial charge in [0.2, 0.25) is 0 Å². The summed E-state index contributed by atoms with van der Waals surface area (Å²) in [5.74, 6) is 1.48. The van der Waals surface area contributed by atoms with Crippen LogP contribution >= 0.6 is 8.58 Å². The third-order valence-electron chi connectivity index (χ3n) is 3.09. The number of phenols is 1. The van der Waals surface area contributed by atoms with Gasteiger partial charge in [0.1, 0.15) is 11.5 Å². The van der Waals surface area contributed by atoms with Crippen LogP contribution in [0.4, 0.5) is 0 Å². The molecule has 2 aromatic rings. The predicted octanol–water partition coefficient (Wildman–Crippen LogP) is 1.15. The predicted molar refractivity (Wildman–Crippen MR) is 90.5 cm³/mol. The van der Waals surface area contributed by atoms with Crippen LogP contribution in [0.1, 0.15) is 29.8 Å². The normalized spacial score (nSPS) is 10.8. The van der Waals surface area contributed by atoms with Gasteiger partial charge in [-0.2, -0.15) is 5.30 Å². The Labute approximate surface area is 151 Å². The fraction of sp³-hybridized carbons (Fsp3) is 0.278. The van der Waals surface area contributed by atoms with Crippen LogP contribution in [0, 0.1) is 12.8 Å². The Morgan fingerprint density at radius 2 is 1.83 bits per heavy atom. The van der Waals surface area contributed by atoms with E-state index in [-0.39, 0.29) is 30.1 Å². The molecule has 0 aliphatic heterocycles. The summed E-state index contributed by atoms with van der Waals surface area (Å²) in [6, 6.07) is 12.1. The standard InChI is InChI=1S/C18H20O3P.Li/c1-12(2)11-21-16-8-9-17(13(3)10-16)22-18(20)14-4-6-15(19)7-5-14;/h4-10,12,19H,11H2,1-3H3;/q-1;+1. The quantitative estimate of drug-likeness (QED) is 0.641. The van der Waals surface area contributed by atoms with Crippen molar-refractivity contribution in [2.75, 3.05) is 6.61 Å². The first-order valence-corrected chi connectivity index (χ1v) is 8.13. The van der Waals surface area contributed by atoms with Crippen molar-refractivity contribution in [2.45, 2.75) is 20.8 Å². The zero-order valence-electron chi connectivity index (χ0n) is 14.0. The van der Waals surface area contributed by atoms with Crippen molar-refractivity contribution in [3.63, 3.8) is 0 Å². The second-order valence-electron chi connectivity index (χ2n) is 5.62. The smallest absolute Gasteiger partial charge is 0.508 e. The molecule has 0 aliphatic carbocycles. The number of phenolic OH excluding ortho intramolecular Hbond substituents is 1. The summed E-state index contributed by atoms with van der Waals surface area (Å²) in [5, 5.41) is 10.2. The fourth-order valence-corrected chi connectivity index (χ4v) is 2.77. The number of hydrogen-bond acceptors (Lipinski definition) is 3. The van der Waals surface area contributed by atoms with E-state index in [2.05, 4.69) is 13.8 Å². The Hall–Kier alpha value is -1.26. The van der Waals surface area contributed by atoms with Crippen LogP contribution in [-0.4, -0.2) is 17.2 Å². The molecule has 0 spiro atoms. The van der Waals surface area contributed by atoms with Crippen LogP contribution < -0.4 is 28.9 Å². The van der Waals surface area contributed by atoms with E-state index in [9.17, 15) is 9.90 Å². The number of aryl methyl sites for hydroxylation is 1. The van der Waals surface area contributed by atoms with Crippen molar-refractivity contribution >= 4 is 19.4 Å². The van der Waals surface area contributed by atoms with Gasteiger partial charge in [0.15, 0.2) is 0 Å². The van der Waals surface area contributed by atoms with Crippen molar-refractivity contribution in [2.24, 2.45) is 5.92 Å². The van der Waals surface area contributed by atoms with Crippen LogP contribution in [0.25, 0.3) is 0 Å². The first kappa shape index (κ1) is 19.8. The fourth-order valence-electron chi connectivity index (χ4n) is 1.88. The largest absolute Gasteiger partial charge is 1.00 e. The molecule has 0 bridgehead atoms. The number of hydrogen-bond donors (Lipinski definition) is 1. The van der Waals surface area contributed by atoms with Crippen molar-refractivity contribution < 1.29 is 33.5 Å². The molecule has 0 saturated heterocycles. The van der Waals surface area contributed by atoms with Gasteiger partial charge in [-0.1, -0.05) is 37.6 Å². The maximum absolute atomic E-state index is 12.3. The second-order valence-corrected chi connectivity index (χ2v) is 6.73. The molecule has 0 fully saturated rings. The maximum Gasteiger partial charge on any atom is 1.00 e. The minimum atomic E-state index is 0. The van der Waals surface area contributed by atoms with E-state index in [1.165, 1.54) is 12.1 Å². The van der Waals surface area contributed by atoms with E-state index in [1.807, 2.05) is 25.1 Å². The second kappa shape index (κ2) is 9.14. The van der Waals surface area contributed by atoms with Crippen LogP contribution in [0.15, 0.2) is 42.5 Å². The van der Waals surface area contributed by atoms with Crippen LogP contribution in [0.3, 0.4) is 0 Å². The van der Waals surface area contributed by atoms with Crippen molar-refractivity contribution in [3.8, 4) is 11.5 Å². The van der Waals surface area contributed by atoms with E-state index in [0.717, 1.165) is 16.6 Å². The van der Waals surface area contributed by atoms with Crippen LogP contribution in [0.2, 0.25) is 0 Å². The van der Waals surface area contributed by atoms with Gasteiger partial charge in [0.05, 0.1) is 6.61 Å². The summed E-state index contributed by atoms with van der Waals surface area (Å²) >= 11 is 0. The van der Waals surface area contributed by atoms with Gasteiger partial charge in [-0.05, 0) is 42.7 Å². The van der Waals surface area contributed by atoms with Gasteiger partial charge in [-0.3, -0.25) is 0 Å². The average molecular weight is 322 g/mol. The van der Waals surface area contributed by atoms with E-state index in [4.69, 9.17) is 4.74 Å². The van der Waals surface area contributed by atoms with E-state index in [0.29, 0.717) is 26.7 Å². The summed E-state index contributed by atoms with van der Waals surface area (Å²) in [4.78, 5) is 12.3. The Kier molecular flexibility index (Phi) is 7.86.